The van der Waals surface area contributed by atoms with Gasteiger partial charge in [0.25, 0.3) is 5.91 Å². The molecule has 1 amide bonds. The van der Waals surface area contributed by atoms with Crippen LogP contribution in [0.5, 0.6) is 0 Å². The zero-order valence-electron chi connectivity index (χ0n) is 9.79. The molecule has 0 aliphatic heterocycles. The number of carbonyl (C=O) groups excluding carboxylic acids is 1. The molecule has 0 aromatic heterocycles. The molecule has 1 aliphatic carbocycles. The van der Waals surface area contributed by atoms with Gasteiger partial charge in [0.1, 0.15) is 0 Å². The predicted molar refractivity (Wildman–Crippen MR) is 65.6 cm³/mol. The Balaban J connectivity index is 1.97. The maximum absolute atomic E-state index is 11.9. The van der Waals surface area contributed by atoms with E-state index in [1.807, 2.05) is 31.3 Å². The molecule has 1 aliphatic rings. The SMILES string of the molecule is CNc1ccccc1C(=O)NCC1CC1C. The molecule has 0 spiro atoms. The monoisotopic (exact) mass is 218 g/mol. The highest BCUT2D eigenvalue weighted by Crippen LogP contribution is 2.36. The van der Waals surface area contributed by atoms with E-state index < -0.39 is 0 Å². The van der Waals surface area contributed by atoms with E-state index in [0.717, 1.165) is 23.7 Å². The Morgan fingerprint density at radius 1 is 1.44 bits per heavy atom. The van der Waals surface area contributed by atoms with Gasteiger partial charge in [0, 0.05) is 19.3 Å². The van der Waals surface area contributed by atoms with Gasteiger partial charge in [0.15, 0.2) is 0 Å². The Bertz CT molecular complexity index is 389. The molecule has 0 bridgehead atoms. The van der Waals surface area contributed by atoms with Crippen molar-refractivity contribution in [1.29, 1.82) is 0 Å². The molecule has 1 aromatic carbocycles. The first-order valence-corrected chi connectivity index (χ1v) is 5.77. The van der Waals surface area contributed by atoms with Gasteiger partial charge in [-0.3, -0.25) is 4.79 Å². The quantitative estimate of drug-likeness (QED) is 0.812. The summed E-state index contributed by atoms with van der Waals surface area (Å²) in [4.78, 5) is 11.9. The fraction of sp³-hybridized carbons (Fsp3) is 0.462. The summed E-state index contributed by atoms with van der Waals surface area (Å²) >= 11 is 0. The summed E-state index contributed by atoms with van der Waals surface area (Å²) in [5, 5.41) is 6.01. The number of anilines is 1. The zero-order chi connectivity index (χ0) is 11.5. The van der Waals surface area contributed by atoms with Crippen molar-refractivity contribution in [3.8, 4) is 0 Å². The van der Waals surface area contributed by atoms with Crippen LogP contribution in [0.15, 0.2) is 24.3 Å². The first-order valence-electron chi connectivity index (χ1n) is 5.77. The maximum atomic E-state index is 11.9. The van der Waals surface area contributed by atoms with Crippen LogP contribution in [0.25, 0.3) is 0 Å². The van der Waals surface area contributed by atoms with Crippen LogP contribution < -0.4 is 10.6 Å². The first-order chi connectivity index (χ1) is 7.72. The number of carbonyl (C=O) groups is 1. The minimum Gasteiger partial charge on any atom is -0.387 e. The van der Waals surface area contributed by atoms with E-state index in [-0.39, 0.29) is 5.91 Å². The van der Waals surface area contributed by atoms with Crippen LogP contribution in [-0.2, 0) is 0 Å². The molecule has 3 heteroatoms. The van der Waals surface area contributed by atoms with Crippen LogP contribution >= 0.6 is 0 Å². The summed E-state index contributed by atoms with van der Waals surface area (Å²) in [6.07, 6.45) is 1.24. The number of amides is 1. The third-order valence-corrected chi connectivity index (χ3v) is 3.24. The van der Waals surface area contributed by atoms with Crippen molar-refractivity contribution in [2.24, 2.45) is 11.8 Å². The largest absolute Gasteiger partial charge is 0.387 e. The lowest BCUT2D eigenvalue weighted by molar-refractivity contribution is 0.0952. The lowest BCUT2D eigenvalue weighted by Crippen LogP contribution is -2.26. The third-order valence-electron chi connectivity index (χ3n) is 3.24. The second-order valence-corrected chi connectivity index (χ2v) is 4.48. The maximum Gasteiger partial charge on any atom is 0.253 e. The molecule has 0 saturated heterocycles. The van der Waals surface area contributed by atoms with E-state index in [9.17, 15) is 4.79 Å². The van der Waals surface area contributed by atoms with Crippen molar-refractivity contribution >= 4 is 11.6 Å². The average molecular weight is 218 g/mol. The van der Waals surface area contributed by atoms with Gasteiger partial charge in [0.2, 0.25) is 0 Å². The minimum atomic E-state index is 0.0176. The molecular formula is C13H18N2O. The number of nitrogens with one attached hydrogen (secondary N) is 2. The number of rotatable bonds is 4. The molecule has 1 fully saturated rings. The molecule has 2 atom stereocenters. The summed E-state index contributed by atoms with van der Waals surface area (Å²) in [6.45, 7) is 3.02. The average Bonchev–Trinajstić information content (AvgIpc) is 3.02. The highest BCUT2D eigenvalue weighted by molar-refractivity contribution is 5.99. The van der Waals surface area contributed by atoms with Gasteiger partial charge >= 0.3 is 0 Å². The molecule has 0 radical (unpaired) electrons. The van der Waals surface area contributed by atoms with Crippen LogP contribution in [0.4, 0.5) is 5.69 Å². The van der Waals surface area contributed by atoms with Crippen LogP contribution in [0.1, 0.15) is 23.7 Å². The highest BCUT2D eigenvalue weighted by Gasteiger charge is 2.32. The van der Waals surface area contributed by atoms with E-state index >= 15 is 0 Å². The Kier molecular flexibility index (Phi) is 3.13. The molecule has 1 aromatic rings. The molecule has 16 heavy (non-hydrogen) atoms. The molecule has 1 saturated carbocycles. The van der Waals surface area contributed by atoms with E-state index in [0.29, 0.717) is 5.92 Å². The minimum absolute atomic E-state index is 0.0176. The number of hydrogen-bond acceptors (Lipinski definition) is 2. The van der Waals surface area contributed by atoms with Crippen molar-refractivity contribution in [1.82, 2.24) is 5.32 Å². The highest BCUT2D eigenvalue weighted by atomic mass is 16.1. The van der Waals surface area contributed by atoms with Crippen LogP contribution in [0.3, 0.4) is 0 Å². The second-order valence-electron chi connectivity index (χ2n) is 4.48. The zero-order valence-corrected chi connectivity index (χ0v) is 9.79. The topological polar surface area (TPSA) is 41.1 Å². The summed E-state index contributed by atoms with van der Waals surface area (Å²) in [6, 6.07) is 7.56. The Morgan fingerprint density at radius 2 is 2.12 bits per heavy atom. The Labute approximate surface area is 96.2 Å². The van der Waals surface area contributed by atoms with Gasteiger partial charge < -0.3 is 10.6 Å². The summed E-state index contributed by atoms with van der Waals surface area (Å²) in [5.74, 6) is 1.48. The lowest BCUT2D eigenvalue weighted by Gasteiger charge is -2.09. The van der Waals surface area contributed by atoms with Crippen LogP contribution in [0.2, 0.25) is 0 Å². The van der Waals surface area contributed by atoms with Crippen molar-refractivity contribution in [2.45, 2.75) is 13.3 Å². The normalized spacial score (nSPS) is 22.6. The first kappa shape index (κ1) is 11.0. The van der Waals surface area contributed by atoms with Crippen molar-refractivity contribution in [3.05, 3.63) is 29.8 Å². The van der Waals surface area contributed by atoms with Gasteiger partial charge in [0.05, 0.1) is 5.56 Å². The fourth-order valence-corrected chi connectivity index (χ4v) is 1.90. The smallest absolute Gasteiger partial charge is 0.253 e. The van der Waals surface area contributed by atoms with E-state index in [1.54, 1.807) is 0 Å². The van der Waals surface area contributed by atoms with Crippen molar-refractivity contribution in [2.75, 3.05) is 18.9 Å². The van der Waals surface area contributed by atoms with Gasteiger partial charge in [-0.15, -0.1) is 0 Å². The Morgan fingerprint density at radius 3 is 2.75 bits per heavy atom. The summed E-state index contributed by atoms with van der Waals surface area (Å²) in [5.41, 5.74) is 1.60. The summed E-state index contributed by atoms with van der Waals surface area (Å²) < 4.78 is 0. The predicted octanol–water partition coefficient (Wildman–Crippen LogP) is 2.11. The molecule has 86 valence electrons. The molecule has 3 nitrogen and oxygen atoms in total. The number of hydrogen-bond donors (Lipinski definition) is 2. The molecule has 2 N–H and O–H groups in total. The summed E-state index contributed by atoms with van der Waals surface area (Å²) in [7, 11) is 1.83. The lowest BCUT2D eigenvalue weighted by atomic mass is 10.1. The van der Waals surface area contributed by atoms with E-state index in [1.165, 1.54) is 6.42 Å². The third kappa shape index (κ3) is 2.35. The van der Waals surface area contributed by atoms with Gasteiger partial charge in [-0.25, -0.2) is 0 Å². The van der Waals surface area contributed by atoms with E-state index in [2.05, 4.69) is 17.6 Å². The second kappa shape index (κ2) is 4.56. The van der Waals surface area contributed by atoms with Crippen molar-refractivity contribution in [3.63, 3.8) is 0 Å². The van der Waals surface area contributed by atoms with Crippen LogP contribution in [0, 0.1) is 11.8 Å². The molecule has 0 heterocycles. The van der Waals surface area contributed by atoms with Gasteiger partial charge in [-0.05, 0) is 30.4 Å². The number of para-hydroxylation sites is 1. The Hall–Kier alpha value is -1.51. The fourth-order valence-electron chi connectivity index (χ4n) is 1.90. The molecule has 2 unspecified atom stereocenters. The number of benzene rings is 1. The standard InChI is InChI=1S/C13H18N2O/c1-9-7-10(9)8-15-13(16)11-5-3-4-6-12(11)14-2/h3-6,9-10,14H,7-8H2,1-2H3,(H,15,16). The van der Waals surface area contributed by atoms with E-state index in [4.69, 9.17) is 0 Å². The van der Waals surface area contributed by atoms with Crippen LogP contribution in [-0.4, -0.2) is 19.5 Å². The molecular weight excluding hydrogens is 200 g/mol. The molecule has 2 rings (SSSR count). The van der Waals surface area contributed by atoms with Gasteiger partial charge in [-0.2, -0.15) is 0 Å². The van der Waals surface area contributed by atoms with Crippen molar-refractivity contribution < 1.29 is 4.79 Å². The van der Waals surface area contributed by atoms with Gasteiger partial charge in [-0.1, -0.05) is 19.1 Å².